The van der Waals surface area contributed by atoms with Gasteiger partial charge >= 0.3 is 0 Å². The van der Waals surface area contributed by atoms with Crippen molar-refractivity contribution in [3.63, 3.8) is 0 Å². The van der Waals surface area contributed by atoms with E-state index in [1.54, 1.807) is 37.4 Å². The lowest BCUT2D eigenvalue weighted by Crippen LogP contribution is -2.03. The van der Waals surface area contributed by atoms with E-state index in [1.807, 2.05) is 0 Å². The first-order valence-corrected chi connectivity index (χ1v) is 6.51. The molecule has 0 radical (unpaired) electrons. The molecule has 2 nitrogen and oxygen atoms in total. The molecule has 1 aromatic heterocycles. The van der Waals surface area contributed by atoms with Crippen LogP contribution < -0.4 is 0 Å². The van der Waals surface area contributed by atoms with E-state index in [0.29, 0.717) is 10.6 Å². The molecule has 0 amide bonds. The second-order valence-corrected chi connectivity index (χ2v) is 5.14. The molecule has 1 N–H and O–H groups in total. The first-order chi connectivity index (χ1) is 9.56. The van der Waals surface area contributed by atoms with Gasteiger partial charge in [0.25, 0.3) is 0 Å². The molecule has 2 aromatic carbocycles. The van der Waals surface area contributed by atoms with Crippen molar-refractivity contribution in [3.8, 4) is 0 Å². The Hall–Kier alpha value is -2.13. The lowest BCUT2D eigenvalue weighted by molar-refractivity contribution is 0.103. The number of halogens is 2. The van der Waals surface area contributed by atoms with E-state index in [2.05, 4.69) is 4.98 Å². The molecule has 0 atom stereocenters. The predicted molar refractivity (Wildman–Crippen MR) is 77.9 cm³/mol. The summed E-state index contributed by atoms with van der Waals surface area (Å²) in [6.45, 7) is 1.78. The summed E-state index contributed by atoms with van der Waals surface area (Å²) >= 11 is 5.90. The maximum absolute atomic E-state index is 13.9. The smallest absolute Gasteiger partial charge is 0.198 e. The van der Waals surface area contributed by atoms with Crippen LogP contribution in [0.25, 0.3) is 10.9 Å². The van der Waals surface area contributed by atoms with E-state index in [4.69, 9.17) is 11.6 Å². The molecular formula is C16H11ClFNO. The standard InChI is InChI=1S/C16H11ClFNO/c1-9-2-4-12(14(18)6-9)16(20)13-8-19-15-7-10(17)3-5-11(13)15/h2-8,19H,1H3. The molecule has 0 fully saturated rings. The molecule has 1 heterocycles. The highest BCUT2D eigenvalue weighted by atomic mass is 35.5. The highest BCUT2D eigenvalue weighted by Crippen LogP contribution is 2.25. The number of benzene rings is 2. The van der Waals surface area contributed by atoms with Crippen LogP contribution in [0.3, 0.4) is 0 Å². The number of hydrogen-bond donors (Lipinski definition) is 1. The van der Waals surface area contributed by atoms with Crippen LogP contribution >= 0.6 is 11.6 Å². The van der Waals surface area contributed by atoms with Gasteiger partial charge in [-0.25, -0.2) is 4.39 Å². The number of ketones is 1. The predicted octanol–water partition coefficient (Wildman–Crippen LogP) is 4.50. The number of fused-ring (bicyclic) bond motifs is 1. The number of H-pyrrole nitrogens is 1. The molecule has 0 saturated carbocycles. The van der Waals surface area contributed by atoms with Crippen LogP contribution in [0.1, 0.15) is 21.5 Å². The highest BCUT2D eigenvalue weighted by molar-refractivity contribution is 6.31. The SMILES string of the molecule is Cc1ccc(C(=O)c2c[nH]c3cc(Cl)ccc23)c(F)c1. The van der Waals surface area contributed by atoms with Crippen LogP contribution in [0.5, 0.6) is 0 Å². The molecule has 0 unspecified atom stereocenters. The van der Waals surface area contributed by atoms with Gasteiger partial charge in [0.2, 0.25) is 0 Å². The largest absolute Gasteiger partial charge is 0.360 e. The first-order valence-electron chi connectivity index (χ1n) is 6.14. The van der Waals surface area contributed by atoms with Crippen molar-refractivity contribution >= 4 is 28.3 Å². The Morgan fingerprint density at radius 2 is 1.95 bits per heavy atom. The molecular weight excluding hydrogens is 277 g/mol. The molecule has 0 aliphatic carbocycles. The lowest BCUT2D eigenvalue weighted by Gasteiger charge is -2.03. The molecule has 4 heteroatoms. The summed E-state index contributed by atoms with van der Waals surface area (Å²) in [6, 6.07) is 9.80. The average Bonchev–Trinajstić information content (AvgIpc) is 2.80. The lowest BCUT2D eigenvalue weighted by atomic mass is 10.0. The molecule has 0 aliphatic heterocycles. The summed E-state index contributed by atoms with van der Waals surface area (Å²) in [5.41, 5.74) is 2.06. The van der Waals surface area contributed by atoms with E-state index in [1.165, 1.54) is 12.1 Å². The minimum absolute atomic E-state index is 0.0754. The topological polar surface area (TPSA) is 32.9 Å². The van der Waals surface area contributed by atoms with Crippen molar-refractivity contribution in [1.29, 1.82) is 0 Å². The van der Waals surface area contributed by atoms with Gasteiger partial charge in [-0.1, -0.05) is 23.7 Å². The van der Waals surface area contributed by atoms with Crippen molar-refractivity contribution in [2.45, 2.75) is 6.92 Å². The van der Waals surface area contributed by atoms with Gasteiger partial charge in [0.05, 0.1) is 5.56 Å². The van der Waals surface area contributed by atoms with Crippen LogP contribution in [-0.4, -0.2) is 10.8 Å². The number of rotatable bonds is 2. The molecule has 0 spiro atoms. The molecule has 0 saturated heterocycles. The van der Waals surface area contributed by atoms with Crippen molar-refractivity contribution in [3.05, 3.63) is 70.1 Å². The maximum Gasteiger partial charge on any atom is 0.198 e. The summed E-state index contributed by atoms with van der Waals surface area (Å²) in [6.07, 6.45) is 1.59. The van der Waals surface area contributed by atoms with Gasteiger partial charge in [0, 0.05) is 27.7 Å². The molecule has 100 valence electrons. The summed E-state index contributed by atoms with van der Waals surface area (Å²) in [5, 5.41) is 1.32. The van der Waals surface area contributed by atoms with Gasteiger partial charge < -0.3 is 4.98 Å². The average molecular weight is 288 g/mol. The first kappa shape index (κ1) is 12.9. The van der Waals surface area contributed by atoms with Crippen LogP contribution in [-0.2, 0) is 0 Å². The minimum Gasteiger partial charge on any atom is -0.360 e. The number of hydrogen-bond acceptors (Lipinski definition) is 1. The third-order valence-electron chi connectivity index (χ3n) is 3.26. The second-order valence-electron chi connectivity index (χ2n) is 4.70. The Balaban J connectivity index is 2.13. The summed E-state index contributed by atoms with van der Waals surface area (Å²) in [5.74, 6) is -0.839. The Labute approximate surface area is 120 Å². The van der Waals surface area contributed by atoms with Crippen molar-refractivity contribution in [2.75, 3.05) is 0 Å². The Morgan fingerprint density at radius 3 is 2.70 bits per heavy atom. The molecule has 0 aliphatic rings. The third kappa shape index (κ3) is 2.10. The van der Waals surface area contributed by atoms with E-state index >= 15 is 0 Å². The zero-order chi connectivity index (χ0) is 14.3. The van der Waals surface area contributed by atoms with Crippen LogP contribution in [0.4, 0.5) is 4.39 Å². The van der Waals surface area contributed by atoms with Crippen LogP contribution in [0, 0.1) is 12.7 Å². The highest BCUT2D eigenvalue weighted by Gasteiger charge is 2.17. The molecule has 3 aromatic rings. The minimum atomic E-state index is -0.502. The third-order valence-corrected chi connectivity index (χ3v) is 3.49. The molecule has 0 bridgehead atoms. The van der Waals surface area contributed by atoms with Gasteiger partial charge in [0.1, 0.15) is 5.82 Å². The van der Waals surface area contributed by atoms with Crippen LogP contribution in [0.15, 0.2) is 42.6 Å². The fourth-order valence-corrected chi connectivity index (χ4v) is 2.41. The normalized spacial score (nSPS) is 10.9. The second kappa shape index (κ2) is 4.76. The van der Waals surface area contributed by atoms with Crippen LogP contribution in [0.2, 0.25) is 5.02 Å². The number of carbonyl (C=O) groups excluding carboxylic acids is 1. The maximum atomic E-state index is 13.9. The Bertz CT molecular complexity index is 822. The van der Waals surface area contributed by atoms with Crippen molar-refractivity contribution in [2.24, 2.45) is 0 Å². The monoisotopic (exact) mass is 287 g/mol. The Kier molecular flexibility index (Phi) is 3.07. The quantitative estimate of drug-likeness (QED) is 0.692. The summed E-state index contributed by atoms with van der Waals surface area (Å²) in [4.78, 5) is 15.4. The van der Waals surface area contributed by atoms with Crippen molar-refractivity contribution in [1.82, 2.24) is 4.98 Å². The number of nitrogens with one attached hydrogen (secondary N) is 1. The summed E-state index contributed by atoms with van der Waals surface area (Å²) in [7, 11) is 0. The number of carbonyl (C=O) groups is 1. The Morgan fingerprint density at radius 1 is 1.15 bits per heavy atom. The van der Waals surface area contributed by atoms with Gasteiger partial charge in [-0.05, 0) is 36.8 Å². The fourth-order valence-electron chi connectivity index (χ4n) is 2.24. The number of aromatic nitrogens is 1. The van der Waals surface area contributed by atoms with Gasteiger partial charge in [-0.15, -0.1) is 0 Å². The van der Waals surface area contributed by atoms with Crippen molar-refractivity contribution < 1.29 is 9.18 Å². The zero-order valence-corrected chi connectivity index (χ0v) is 11.5. The molecule has 20 heavy (non-hydrogen) atoms. The fraction of sp³-hybridized carbons (Fsp3) is 0.0625. The van der Waals surface area contributed by atoms with E-state index < -0.39 is 5.82 Å². The van der Waals surface area contributed by atoms with E-state index in [9.17, 15) is 9.18 Å². The zero-order valence-electron chi connectivity index (χ0n) is 10.7. The number of aromatic amines is 1. The van der Waals surface area contributed by atoms with E-state index in [-0.39, 0.29) is 11.3 Å². The molecule has 3 rings (SSSR count). The number of aryl methyl sites for hydroxylation is 1. The van der Waals surface area contributed by atoms with Gasteiger partial charge in [0.15, 0.2) is 5.78 Å². The van der Waals surface area contributed by atoms with Gasteiger partial charge in [-0.2, -0.15) is 0 Å². The van der Waals surface area contributed by atoms with E-state index in [0.717, 1.165) is 16.5 Å². The summed E-state index contributed by atoms with van der Waals surface area (Å²) < 4.78 is 13.9. The van der Waals surface area contributed by atoms with Gasteiger partial charge in [-0.3, -0.25) is 4.79 Å².